The SMILES string of the molecule is CCOc1ccc(N(CC(=O)Nc2ccc(C(=O)OC)cc2)S(=O)(=O)c2ccc(Br)cc2)cc1. The maximum absolute atomic E-state index is 13.4. The van der Waals surface area contributed by atoms with Crippen LogP contribution in [-0.2, 0) is 19.6 Å². The van der Waals surface area contributed by atoms with Gasteiger partial charge in [0.05, 0.1) is 29.9 Å². The van der Waals surface area contributed by atoms with Crippen molar-refractivity contribution in [3.8, 4) is 5.75 Å². The van der Waals surface area contributed by atoms with Gasteiger partial charge in [0.2, 0.25) is 5.91 Å². The number of carbonyl (C=O) groups is 2. The molecule has 10 heteroatoms. The van der Waals surface area contributed by atoms with Crippen LogP contribution >= 0.6 is 15.9 Å². The standard InChI is InChI=1S/C24H23BrN2O6S/c1-3-33-21-12-10-20(11-13-21)27(34(30,31)22-14-6-18(25)7-15-22)16-23(28)26-19-8-4-17(5-9-19)24(29)32-2/h4-15H,3,16H2,1-2H3,(H,26,28). The number of ether oxygens (including phenoxy) is 2. The van der Waals surface area contributed by atoms with Crippen molar-refractivity contribution < 1.29 is 27.5 Å². The minimum absolute atomic E-state index is 0.0415. The highest BCUT2D eigenvalue weighted by molar-refractivity contribution is 9.10. The smallest absolute Gasteiger partial charge is 0.337 e. The third-order valence-corrected chi connectivity index (χ3v) is 7.03. The van der Waals surface area contributed by atoms with E-state index in [0.29, 0.717) is 29.3 Å². The zero-order valence-electron chi connectivity index (χ0n) is 18.5. The van der Waals surface area contributed by atoms with Crippen LogP contribution in [0.2, 0.25) is 0 Å². The molecule has 8 nitrogen and oxygen atoms in total. The third kappa shape index (κ3) is 6.15. The Morgan fingerprint density at radius 3 is 2.12 bits per heavy atom. The number of hydrogen-bond acceptors (Lipinski definition) is 6. The Balaban J connectivity index is 1.88. The minimum atomic E-state index is -4.06. The van der Waals surface area contributed by atoms with Gasteiger partial charge in [-0.2, -0.15) is 0 Å². The quantitative estimate of drug-likeness (QED) is 0.397. The molecule has 0 aliphatic rings. The number of anilines is 2. The predicted molar refractivity (Wildman–Crippen MR) is 133 cm³/mol. The Morgan fingerprint density at radius 1 is 0.941 bits per heavy atom. The molecule has 0 spiro atoms. The summed E-state index contributed by atoms with van der Waals surface area (Å²) in [6.07, 6.45) is 0. The van der Waals surface area contributed by atoms with Gasteiger partial charge in [-0.1, -0.05) is 15.9 Å². The van der Waals surface area contributed by atoms with E-state index < -0.39 is 28.4 Å². The number of carbonyl (C=O) groups excluding carboxylic acids is 2. The lowest BCUT2D eigenvalue weighted by Crippen LogP contribution is -2.38. The minimum Gasteiger partial charge on any atom is -0.494 e. The van der Waals surface area contributed by atoms with Gasteiger partial charge < -0.3 is 14.8 Å². The van der Waals surface area contributed by atoms with E-state index in [4.69, 9.17) is 4.74 Å². The molecule has 3 aromatic carbocycles. The second-order valence-electron chi connectivity index (χ2n) is 7.01. The molecule has 3 aromatic rings. The first-order valence-electron chi connectivity index (χ1n) is 10.2. The van der Waals surface area contributed by atoms with Crippen molar-refractivity contribution in [3.63, 3.8) is 0 Å². The van der Waals surface area contributed by atoms with E-state index in [1.165, 1.54) is 43.5 Å². The maximum atomic E-state index is 13.4. The van der Waals surface area contributed by atoms with Crippen molar-refractivity contribution in [1.29, 1.82) is 0 Å². The van der Waals surface area contributed by atoms with E-state index in [0.717, 1.165) is 8.78 Å². The van der Waals surface area contributed by atoms with Crippen molar-refractivity contribution in [3.05, 3.63) is 82.8 Å². The van der Waals surface area contributed by atoms with Crippen LogP contribution in [0, 0.1) is 0 Å². The van der Waals surface area contributed by atoms with Gasteiger partial charge in [0.1, 0.15) is 12.3 Å². The first-order chi connectivity index (χ1) is 16.2. The lowest BCUT2D eigenvalue weighted by Gasteiger charge is -2.24. The lowest BCUT2D eigenvalue weighted by molar-refractivity contribution is -0.114. The summed E-state index contributed by atoms with van der Waals surface area (Å²) < 4.78 is 38.7. The van der Waals surface area contributed by atoms with Crippen molar-refractivity contribution in [2.45, 2.75) is 11.8 Å². The van der Waals surface area contributed by atoms with E-state index in [2.05, 4.69) is 26.0 Å². The van der Waals surface area contributed by atoms with Gasteiger partial charge in [0.25, 0.3) is 10.0 Å². The normalized spacial score (nSPS) is 10.9. The number of sulfonamides is 1. The molecule has 0 saturated heterocycles. The van der Waals surface area contributed by atoms with Gasteiger partial charge in [-0.05, 0) is 79.7 Å². The van der Waals surface area contributed by atoms with Crippen molar-refractivity contribution in [2.75, 3.05) is 29.9 Å². The predicted octanol–water partition coefficient (Wildman–Crippen LogP) is 4.47. The van der Waals surface area contributed by atoms with Crippen LogP contribution in [0.1, 0.15) is 17.3 Å². The van der Waals surface area contributed by atoms with Gasteiger partial charge in [-0.25, -0.2) is 13.2 Å². The Morgan fingerprint density at radius 2 is 1.56 bits per heavy atom. The molecule has 0 aromatic heterocycles. The molecule has 0 radical (unpaired) electrons. The molecule has 0 aliphatic heterocycles. The molecule has 0 atom stereocenters. The van der Waals surface area contributed by atoms with Gasteiger partial charge >= 0.3 is 5.97 Å². The molecule has 178 valence electrons. The molecule has 3 rings (SSSR count). The number of methoxy groups -OCH3 is 1. The molecular weight excluding hydrogens is 524 g/mol. The topological polar surface area (TPSA) is 102 Å². The summed E-state index contributed by atoms with van der Waals surface area (Å²) in [5.74, 6) is -0.470. The highest BCUT2D eigenvalue weighted by Gasteiger charge is 2.27. The summed E-state index contributed by atoms with van der Waals surface area (Å²) in [6.45, 7) is 1.85. The van der Waals surface area contributed by atoms with Crippen molar-refractivity contribution in [2.24, 2.45) is 0 Å². The molecule has 34 heavy (non-hydrogen) atoms. The van der Waals surface area contributed by atoms with E-state index in [-0.39, 0.29) is 4.90 Å². The number of hydrogen-bond donors (Lipinski definition) is 1. The first kappa shape index (κ1) is 25.3. The number of nitrogens with zero attached hydrogens (tertiary/aromatic N) is 1. The molecule has 0 aliphatic carbocycles. The molecular formula is C24H23BrN2O6S. The summed E-state index contributed by atoms with van der Waals surface area (Å²) in [7, 11) is -2.78. The highest BCUT2D eigenvalue weighted by atomic mass is 79.9. The highest BCUT2D eigenvalue weighted by Crippen LogP contribution is 2.27. The van der Waals surface area contributed by atoms with Crippen LogP contribution in [0.15, 0.2) is 82.2 Å². The van der Waals surface area contributed by atoms with E-state index in [9.17, 15) is 18.0 Å². The number of nitrogens with one attached hydrogen (secondary N) is 1. The number of amides is 1. The molecule has 0 unspecified atom stereocenters. The van der Waals surface area contributed by atoms with Gasteiger partial charge in [-0.15, -0.1) is 0 Å². The van der Waals surface area contributed by atoms with Crippen LogP contribution in [0.4, 0.5) is 11.4 Å². The zero-order valence-corrected chi connectivity index (χ0v) is 20.9. The Kier molecular flexibility index (Phi) is 8.30. The molecule has 0 bridgehead atoms. The number of benzene rings is 3. The van der Waals surface area contributed by atoms with Crippen LogP contribution in [-0.4, -0.2) is 40.6 Å². The van der Waals surface area contributed by atoms with E-state index in [1.54, 1.807) is 36.4 Å². The van der Waals surface area contributed by atoms with Gasteiger partial charge in [0.15, 0.2) is 0 Å². The molecule has 1 amide bonds. The van der Waals surface area contributed by atoms with E-state index >= 15 is 0 Å². The number of esters is 1. The van der Waals surface area contributed by atoms with Gasteiger partial charge in [0, 0.05) is 10.2 Å². The maximum Gasteiger partial charge on any atom is 0.337 e. The summed E-state index contributed by atoms with van der Waals surface area (Å²) in [4.78, 5) is 24.5. The third-order valence-electron chi connectivity index (χ3n) is 4.71. The van der Waals surface area contributed by atoms with Crippen LogP contribution in [0.5, 0.6) is 5.75 Å². The van der Waals surface area contributed by atoms with Crippen LogP contribution in [0.25, 0.3) is 0 Å². The summed E-state index contributed by atoms with van der Waals surface area (Å²) in [5, 5.41) is 2.66. The largest absolute Gasteiger partial charge is 0.494 e. The molecule has 0 fully saturated rings. The second-order valence-corrected chi connectivity index (χ2v) is 9.79. The van der Waals surface area contributed by atoms with Crippen LogP contribution in [0.3, 0.4) is 0 Å². The van der Waals surface area contributed by atoms with Gasteiger partial charge in [-0.3, -0.25) is 9.10 Å². The lowest BCUT2D eigenvalue weighted by atomic mass is 10.2. The average Bonchev–Trinajstić information content (AvgIpc) is 2.83. The Hall–Kier alpha value is -3.37. The Bertz CT molecular complexity index is 1240. The molecule has 1 N–H and O–H groups in total. The fraction of sp³-hybridized carbons (Fsp3) is 0.167. The fourth-order valence-corrected chi connectivity index (χ4v) is 4.75. The molecule has 0 saturated carbocycles. The summed E-state index contributed by atoms with van der Waals surface area (Å²) >= 11 is 3.30. The average molecular weight is 547 g/mol. The van der Waals surface area contributed by atoms with Crippen LogP contribution < -0.4 is 14.4 Å². The Labute approximate surface area is 206 Å². The zero-order chi connectivity index (χ0) is 24.7. The van der Waals surface area contributed by atoms with Crippen molar-refractivity contribution in [1.82, 2.24) is 0 Å². The van der Waals surface area contributed by atoms with E-state index in [1.807, 2.05) is 6.92 Å². The number of rotatable bonds is 9. The monoisotopic (exact) mass is 546 g/mol. The molecule has 0 heterocycles. The van der Waals surface area contributed by atoms with Crippen molar-refractivity contribution >= 4 is 49.2 Å². The number of halogens is 1. The summed E-state index contributed by atoms with van der Waals surface area (Å²) in [6, 6.07) is 18.7. The fourth-order valence-electron chi connectivity index (χ4n) is 3.06. The first-order valence-corrected chi connectivity index (χ1v) is 12.5. The summed E-state index contributed by atoms with van der Waals surface area (Å²) in [5.41, 5.74) is 1.04. The second kappa shape index (κ2) is 11.2.